The first-order valence-electron chi connectivity index (χ1n) is 10.1. The lowest BCUT2D eigenvalue weighted by Crippen LogP contribution is -2.13. The Kier molecular flexibility index (Phi) is 5.77. The molecule has 0 amide bonds. The molecule has 5 nitrogen and oxygen atoms in total. The summed E-state index contributed by atoms with van der Waals surface area (Å²) < 4.78 is 33.0. The van der Waals surface area contributed by atoms with Gasteiger partial charge in [0.1, 0.15) is 11.5 Å². The minimum absolute atomic E-state index is 0.251. The number of imidazole rings is 1. The molecule has 7 heteroatoms. The summed E-state index contributed by atoms with van der Waals surface area (Å²) in [6.45, 7) is 5.39. The fraction of sp³-hybridized carbons (Fsp3) is 0.208. The van der Waals surface area contributed by atoms with E-state index in [2.05, 4.69) is 6.92 Å². The highest BCUT2D eigenvalue weighted by molar-refractivity contribution is 7.92. The summed E-state index contributed by atoms with van der Waals surface area (Å²) in [5.74, 6) is 1.08. The molecule has 0 aliphatic rings. The molecule has 0 spiro atoms. The van der Waals surface area contributed by atoms with E-state index in [-0.39, 0.29) is 4.90 Å². The molecule has 4 aromatic rings. The van der Waals surface area contributed by atoms with Crippen LogP contribution in [0.5, 0.6) is 11.5 Å². The van der Waals surface area contributed by atoms with E-state index in [9.17, 15) is 8.42 Å². The van der Waals surface area contributed by atoms with Gasteiger partial charge in [0.25, 0.3) is 0 Å². The first kappa shape index (κ1) is 21.4. The average Bonchev–Trinajstić information content (AvgIpc) is 3.14. The second kappa shape index (κ2) is 8.36. The van der Waals surface area contributed by atoms with Crippen LogP contribution in [0.1, 0.15) is 26.5 Å². The minimum Gasteiger partial charge on any atom is -0.457 e. The molecule has 0 saturated carbocycles. The predicted molar refractivity (Wildman–Crippen MR) is 124 cm³/mol. The van der Waals surface area contributed by atoms with Crippen molar-refractivity contribution in [2.75, 3.05) is 0 Å². The maximum absolute atomic E-state index is 12.5. The molecule has 0 fully saturated rings. The lowest BCUT2D eigenvalue weighted by Gasteiger charge is -2.11. The summed E-state index contributed by atoms with van der Waals surface area (Å²) >= 11 is 6.34. The molecule has 0 aliphatic carbocycles. The van der Waals surface area contributed by atoms with Gasteiger partial charge in [-0.05, 0) is 62.7 Å². The standard InChI is InChI=1S/C24H23ClN2O3S/c1-4-22-23(27-13-7-12-21(25)24(27)26-22)17-8-5-9-18(14-17)30-19-10-6-11-20(15-19)31(28,29)16(2)3/h5-16H,4H2,1-3H3. The van der Waals surface area contributed by atoms with Gasteiger partial charge in [0, 0.05) is 11.8 Å². The zero-order valence-corrected chi connectivity index (χ0v) is 19.1. The Morgan fingerprint density at radius 1 is 1.03 bits per heavy atom. The second-order valence-electron chi connectivity index (χ2n) is 7.51. The number of hydrogen-bond donors (Lipinski definition) is 0. The fourth-order valence-corrected chi connectivity index (χ4v) is 4.76. The van der Waals surface area contributed by atoms with Gasteiger partial charge in [0.15, 0.2) is 15.5 Å². The molecule has 0 N–H and O–H groups in total. The van der Waals surface area contributed by atoms with Crippen molar-refractivity contribution in [2.45, 2.75) is 37.3 Å². The van der Waals surface area contributed by atoms with Crippen LogP contribution in [0, 0.1) is 0 Å². The predicted octanol–water partition coefficient (Wildman–Crippen LogP) is 6.19. The number of aromatic nitrogens is 2. The molecule has 4 rings (SSSR count). The van der Waals surface area contributed by atoms with Crippen LogP contribution >= 0.6 is 11.6 Å². The zero-order chi connectivity index (χ0) is 22.2. The largest absolute Gasteiger partial charge is 0.457 e. The second-order valence-corrected chi connectivity index (χ2v) is 10.4. The van der Waals surface area contributed by atoms with Gasteiger partial charge in [-0.25, -0.2) is 13.4 Å². The van der Waals surface area contributed by atoms with Crippen LogP contribution in [0.2, 0.25) is 5.02 Å². The van der Waals surface area contributed by atoms with Crippen molar-refractivity contribution < 1.29 is 13.2 Å². The van der Waals surface area contributed by atoms with Crippen molar-refractivity contribution in [1.29, 1.82) is 0 Å². The smallest absolute Gasteiger partial charge is 0.180 e. The number of ether oxygens (including phenoxy) is 1. The third kappa shape index (κ3) is 4.05. The molecule has 2 aromatic heterocycles. The summed E-state index contributed by atoms with van der Waals surface area (Å²) in [5.41, 5.74) is 3.56. The van der Waals surface area contributed by atoms with E-state index < -0.39 is 15.1 Å². The van der Waals surface area contributed by atoms with E-state index in [1.165, 1.54) is 0 Å². The molecule has 0 radical (unpaired) electrons. The van der Waals surface area contributed by atoms with E-state index in [0.29, 0.717) is 22.2 Å². The van der Waals surface area contributed by atoms with E-state index in [1.54, 1.807) is 38.1 Å². The van der Waals surface area contributed by atoms with Crippen LogP contribution < -0.4 is 4.74 Å². The molecule has 160 valence electrons. The quantitative estimate of drug-likeness (QED) is 0.348. The lowest BCUT2D eigenvalue weighted by atomic mass is 10.1. The maximum Gasteiger partial charge on any atom is 0.180 e. The van der Waals surface area contributed by atoms with Crippen molar-refractivity contribution in [3.63, 3.8) is 0 Å². The highest BCUT2D eigenvalue weighted by Gasteiger charge is 2.20. The van der Waals surface area contributed by atoms with E-state index in [4.69, 9.17) is 21.3 Å². The number of halogens is 1. The number of fused-ring (bicyclic) bond motifs is 1. The van der Waals surface area contributed by atoms with Crippen LogP contribution in [0.25, 0.3) is 16.9 Å². The lowest BCUT2D eigenvalue weighted by molar-refractivity contribution is 0.481. The third-order valence-corrected chi connectivity index (χ3v) is 7.55. The highest BCUT2D eigenvalue weighted by atomic mass is 35.5. The molecule has 0 aliphatic heterocycles. The monoisotopic (exact) mass is 454 g/mol. The van der Waals surface area contributed by atoms with Crippen molar-refractivity contribution in [3.8, 4) is 22.8 Å². The zero-order valence-electron chi connectivity index (χ0n) is 17.5. The van der Waals surface area contributed by atoms with Crippen LogP contribution in [-0.2, 0) is 16.3 Å². The van der Waals surface area contributed by atoms with Gasteiger partial charge in [-0.15, -0.1) is 0 Å². The topological polar surface area (TPSA) is 60.7 Å². The third-order valence-electron chi connectivity index (χ3n) is 5.11. The molecular formula is C24H23ClN2O3S. The number of hydrogen-bond acceptors (Lipinski definition) is 4. The van der Waals surface area contributed by atoms with E-state index >= 15 is 0 Å². The number of sulfone groups is 1. The van der Waals surface area contributed by atoms with Gasteiger partial charge in [-0.3, -0.25) is 4.40 Å². The van der Waals surface area contributed by atoms with Crippen molar-refractivity contribution in [1.82, 2.24) is 9.38 Å². The van der Waals surface area contributed by atoms with Gasteiger partial charge < -0.3 is 4.74 Å². The van der Waals surface area contributed by atoms with Gasteiger partial charge in [0.2, 0.25) is 0 Å². The molecule has 2 heterocycles. The normalized spacial score (nSPS) is 11.9. The maximum atomic E-state index is 12.5. The Labute approximate surface area is 187 Å². The van der Waals surface area contributed by atoms with Crippen molar-refractivity contribution in [2.24, 2.45) is 0 Å². The van der Waals surface area contributed by atoms with Crippen molar-refractivity contribution in [3.05, 3.63) is 77.6 Å². The SMILES string of the molecule is CCc1nc2c(Cl)cccn2c1-c1cccc(Oc2cccc(S(=O)(=O)C(C)C)c2)c1. The Morgan fingerprint density at radius 2 is 1.74 bits per heavy atom. The number of benzene rings is 2. The Bertz CT molecular complexity index is 1360. The highest BCUT2D eigenvalue weighted by Crippen LogP contribution is 2.32. The number of aryl methyl sites for hydroxylation is 1. The van der Waals surface area contributed by atoms with Crippen LogP contribution in [0.15, 0.2) is 71.8 Å². The summed E-state index contributed by atoms with van der Waals surface area (Å²) in [4.78, 5) is 4.95. The molecule has 0 bridgehead atoms. The Balaban J connectivity index is 1.73. The first-order chi connectivity index (χ1) is 14.8. The van der Waals surface area contributed by atoms with Gasteiger partial charge in [-0.1, -0.05) is 36.7 Å². The Morgan fingerprint density at radius 3 is 2.45 bits per heavy atom. The van der Waals surface area contributed by atoms with Crippen LogP contribution in [0.3, 0.4) is 0 Å². The summed E-state index contributed by atoms with van der Waals surface area (Å²) in [7, 11) is -3.38. The van der Waals surface area contributed by atoms with E-state index in [1.807, 2.05) is 47.0 Å². The summed E-state index contributed by atoms with van der Waals surface area (Å²) in [6, 6.07) is 18.0. The molecule has 0 atom stereocenters. The molecule has 0 saturated heterocycles. The summed E-state index contributed by atoms with van der Waals surface area (Å²) in [6.07, 6.45) is 2.70. The first-order valence-corrected chi connectivity index (χ1v) is 12.0. The summed E-state index contributed by atoms with van der Waals surface area (Å²) in [5, 5.41) is 0.0968. The molecule has 2 aromatic carbocycles. The fourth-order valence-electron chi connectivity index (χ4n) is 3.46. The van der Waals surface area contributed by atoms with Crippen molar-refractivity contribution >= 4 is 27.1 Å². The number of nitrogens with zero attached hydrogens (tertiary/aromatic N) is 2. The number of pyridine rings is 1. The van der Waals surface area contributed by atoms with Gasteiger partial charge >= 0.3 is 0 Å². The van der Waals surface area contributed by atoms with Crippen LogP contribution in [-0.4, -0.2) is 23.1 Å². The molecule has 0 unspecified atom stereocenters. The van der Waals surface area contributed by atoms with Gasteiger partial charge in [-0.2, -0.15) is 0 Å². The molecular weight excluding hydrogens is 432 g/mol. The van der Waals surface area contributed by atoms with Gasteiger partial charge in [0.05, 0.1) is 26.6 Å². The van der Waals surface area contributed by atoms with Crippen LogP contribution in [0.4, 0.5) is 0 Å². The molecule has 31 heavy (non-hydrogen) atoms. The average molecular weight is 455 g/mol. The number of rotatable bonds is 6. The Hall–Kier alpha value is -2.83. The minimum atomic E-state index is -3.38. The van der Waals surface area contributed by atoms with E-state index in [0.717, 1.165) is 23.4 Å².